The lowest BCUT2D eigenvalue weighted by Crippen LogP contribution is -2.26. The molecule has 1 N–H and O–H groups in total. The zero-order valence-electron chi connectivity index (χ0n) is 13.6. The lowest BCUT2D eigenvalue weighted by molar-refractivity contribution is -0.119. The number of anilines is 1. The van der Waals surface area contributed by atoms with Gasteiger partial charge in [0, 0.05) is 16.1 Å². The Labute approximate surface area is 154 Å². The van der Waals surface area contributed by atoms with Crippen molar-refractivity contribution in [2.75, 3.05) is 5.32 Å². The van der Waals surface area contributed by atoms with Gasteiger partial charge in [0.25, 0.3) is 0 Å². The Morgan fingerprint density at radius 1 is 1.20 bits per heavy atom. The third-order valence-corrected chi connectivity index (χ3v) is 4.49. The molecule has 3 rings (SSSR count). The predicted molar refractivity (Wildman–Crippen MR) is 95.9 cm³/mol. The molecule has 0 radical (unpaired) electrons. The van der Waals surface area contributed by atoms with E-state index in [0.717, 1.165) is 5.56 Å². The van der Waals surface area contributed by atoms with Crippen LogP contribution in [0.5, 0.6) is 0 Å². The van der Waals surface area contributed by atoms with Crippen molar-refractivity contribution >= 4 is 34.9 Å². The molecular weight excluding hydrogens is 363 g/mol. The maximum Gasteiger partial charge on any atom is 0.250 e. The first kappa shape index (κ1) is 17.4. The minimum absolute atomic E-state index is 0.210. The Morgan fingerprint density at radius 3 is 2.72 bits per heavy atom. The first-order valence-corrected chi connectivity index (χ1v) is 8.36. The fourth-order valence-corrected chi connectivity index (χ4v) is 2.91. The minimum Gasteiger partial charge on any atom is -0.309 e. The normalized spacial score (nSPS) is 13.4. The lowest BCUT2D eigenvalue weighted by atomic mass is 10.1. The number of benzene rings is 1. The molecule has 25 heavy (non-hydrogen) atoms. The van der Waals surface area contributed by atoms with Gasteiger partial charge in [-0.15, -0.1) is 0 Å². The van der Waals surface area contributed by atoms with Crippen LogP contribution in [0.1, 0.15) is 31.5 Å². The smallest absolute Gasteiger partial charge is 0.250 e. The number of hydrogen-bond acceptors (Lipinski definition) is 4. The van der Waals surface area contributed by atoms with E-state index in [1.165, 1.54) is 17.3 Å². The number of carbonyl (C=O) groups is 1. The van der Waals surface area contributed by atoms with Gasteiger partial charge in [-0.1, -0.05) is 23.2 Å². The summed E-state index contributed by atoms with van der Waals surface area (Å²) in [6.45, 7) is 3.67. The highest BCUT2D eigenvalue weighted by Crippen LogP contribution is 2.30. The number of amides is 1. The van der Waals surface area contributed by atoms with Gasteiger partial charge in [0.2, 0.25) is 5.91 Å². The van der Waals surface area contributed by atoms with Gasteiger partial charge in [0.05, 0.1) is 12.2 Å². The molecule has 0 aliphatic rings. The molecule has 130 valence electrons. The Balaban J connectivity index is 1.83. The quantitative estimate of drug-likeness (QED) is 0.735. The number of aromatic nitrogens is 5. The van der Waals surface area contributed by atoms with Gasteiger partial charge in [-0.2, -0.15) is 10.2 Å². The first-order valence-electron chi connectivity index (χ1n) is 7.61. The summed E-state index contributed by atoms with van der Waals surface area (Å²) in [5.41, 5.74) is 0.817. The highest BCUT2D eigenvalue weighted by Gasteiger charge is 2.20. The van der Waals surface area contributed by atoms with Crippen molar-refractivity contribution < 1.29 is 4.79 Å². The molecule has 0 spiro atoms. The van der Waals surface area contributed by atoms with Crippen molar-refractivity contribution in [2.45, 2.75) is 25.9 Å². The van der Waals surface area contributed by atoms with Gasteiger partial charge < -0.3 is 5.32 Å². The van der Waals surface area contributed by atoms with Crippen molar-refractivity contribution in [3.8, 4) is 0 Å². The summed E-state index contributed by atoms with van der Waals surface area (Å²) in [5, 5.41) is 12.3. The largest absolute Gasteiger partial charge is 0.309 e. The van der Waals surface area contributed by atoms with E-state index in [0.29, 0.717) is 15.9 Å². The van der Waals surface area contributed by atoms with Crippen LogP contribution in [0.3, 0.4) is 0 Å². The molecule has 1 amide bonds. The molecule has 0 aliphatic heterocycles. The van der Waals surface area contributed by atoms with Crippen molar-refractivity contribution in [1.29, 1.82) is 0 Å². The van der Waals surface area contributed by atoms with Crippen LogP contribution in [-0.4, -0.2) is 30.5 Å². The number of nitrogens with zero attached hydrogens (tertiary/aromatic N) is 5. The molecule has 0 saturated carbocycles. The molecule has 3 aromatic rings. The fraction of sp³-hybridized carbons (Fsp3) is 0.250. The van der Waals surface area contributed by atoms with E-state index in [-0.39, 0.29) is 11.9 Å². The topological polar surface area (TPSA) is 77.6 Å². The lowest BCUT2D eigenvalue weighted by Gasteiger charge is -2.19. The van der Waals surface area contributed by atoms with Gasteiger partial charge in [-0.05, 0) is 37.6 Å². The van der Waals surface area contributed by atoms with Crippen LogP contribution in [0.4, 0.5) is 5.82 Å². The second-order valence-electron chi connectivity index (χ2n) is 5.54. The second kappa shape index (κ2) is 7.25. The number of hydrogen-bond donors (Lipinski definition) is 1. The summed E-state index contributed by atoms with van der Waals surface area (Å²) in [7, 11) is 0. The highest BCUT2D eigenvalue weighted by molar-refractivity contribution is 6.33. The summed E-state index contributed by atoms with van der Waals surface area (Å²) in [6.07, 6.45) is 4.50. The monoisotopic (exact) mass is 378 g/mol. The van der Waals surface area contributed by atoms with Crippen LogP contribution >= 0.6 is 23.2 Å². The molecule has 1 aromatic carbocycles. The van der Waals surface area contributed by atoms with Gasteiger partial charge >= 0.3 is 0 Å². The Bertz CT molecular complexity index is 877. The van der Waals surface area contributed by atoms with E-state index in [1.54, 1.807) is 42.1 Å². The molecule has 0 saturated heterocycles. The van der Waals surface area contributed by atoms with Crippen LogP contribution in [0.2, 0.25) is 10.0 Å². The SMILES string of the molecule is C[C@H](c1cc(Cl)ccc1Cl)n1nccc1NC(=O)[C@H](C)n1cncn1. The summed E-state index contributed by atoms with van der Waals surface area (Å²) in [4.78, 5) is 16.3. The summed E-state index contributed by atoms with van der Waals surface area (Å²) in [6, 6.07) is 6.27. The van der Waals surface area contributed by atoms with Crippen molar-refractivity contribution in [2.24, 2.45) is 0 Å². The molecule has 0 fully saturated rings. The highest BCUT2D eigenvalue weighted by atomic mass is 35.5. The van der Waals surface area contributed by atoms with Gasteiger partial charge in [0.15, 0.2) is 0 Å². The van der Waals surface area contributed by atoms with E-state index in [1.807, 2.05) is 6.92 Å². The second-order valence-corrected chi connectivity index (χ2v) is 6.39. The first-order chi connectivity index (χ1) is 12.0. The summed E-state index contributed by atoms with van der Waals surface area (Å²) in [5.74, 6) is 0.331. The van der Waals surface area contributed by atoms with Crippen molar-refractivity contribution in [3.05, 3.63) is 58.7 Å². The van der Waals surface area contributed by atoms with E-state index < -0.39 is 6.04 Å². The van der Waals surface area contributed by atoms with E-state index in [2.05, 4.69) is 20.5 Å². The van der Waals surface area contributed by atoms with Gasteiger partial charge in [-0.25, -0.2) is 14.3 Å². The Hall–Kier alpha value is -2.38. The Morgan fingerprint density at radius 2 is 2.00 bits per heavy atom. The van der Waals surface area contributed by atoms with Crippen LogP contribution in [0, 0.1) is 0 Å². The number of halogens is 2. The number of rotatable bonds is 5. The summed E-state index contributed by atoms with van der Waals surface area (Å²) >= 11 is 12.3. The van der Waals surface area contributed by atoms with Gasteiger partial charge in [-0.3, -0.25) is 4.79 Å². The average molecular weight is 379 g/mol. The zero-order chi connectivity index (χ0) is 18.0. The molecule has 7 nitrogen and oxygen atoms in total. The van der Waals surface area contributed by atoms with E-state index in [9.17, 15) is 4.79 Å². The standard InChI is InChI=1S/C16H16Cl2N6O/c1-10(13-7-12(17)3-4-14(13)18)24-15(5-6-20-24)22-16(25)11(2)23-9-19-8-21-23/h3-11H,1-2H3,(H,22,25)/t10-,11+/m1/s1. The molecule has 0 bridgehead atoms. The number of nitrogens with one attached hydrogen (secondary N) is 1. The molecule has 9 heteroatoms. The molecule has 2 atom stereocenters. The minimum atomic E-state index is -0.504. The molecule has 0 unspecified atom stereocenters. The van der Waals surface area contributed by atoms with Crippen molar-refractivity contribution in [3.63, 3.8) is 0 Å². The summed E-state index contributed by atoms with van der Waals surface area (Å²) < 4.78 is 3.16. The number of carbonyl (C=O) groups excluding carboxylic acids is 1. The molecule has 2 aromatic heterocycles. The fourth-order valence-electron chi connectivity index (χ4n) is 2.46. The van der Waals surface area contributed by atoms with Crippen molar-refractivity contribution in [1.82, 2.24) is 24.5 Å². The molecule has 2 heterocycles. The predicted octanol–water partition coefficient (Wildman–Crippen LogP) is 3.59. The van der Waals surface area contributed by atoms with Gasteiger partial charge in [0.1, 0.15) is 24.5 Å². The van der Waals surface area contributed by atoms with E-state index in [4.69, 9.17) is 23.2 Å². The zero-order valence-corrected chi connectivity index (χ0v) is 15.1. The molecule has 0 aliphatic carbocycles. The Kier molecular flexibility index (Phi) is 5.06. The molecular formula is C16H16Cl2N6O. The van der Waals surface area contributed by atoms with Crippen LogP contribution < -0.4 is 5.32 Å². The maximum atomic E-state index is 12.5. The average Bonchev–Trinajstić information content (AvgIpc) is 3.27. The maximum absolute atomic E-state index is 12.5. The third-order valence-electron chi connectivity index (χ3n) is 3.91. The van der Waals surface area contributed by atoms with Crippen LogP contribution in [0.15, 0.2) is 43.1 Å². The third kappa shape index (κ3) is 3.67. The van der Waals surface area contributed by atoms with Crippen LogP contribution in [-0.2, 0) is 4.79 Å². The van der Waals surface area contributed by atoms with Crippen LogP contribution in [0.25, 0.3) is 0 Å². The van der Waals surface area contributed by atoms with E-state index >= 15 is 0 Å².